The lowest BCUT2D eigenvalue weighted by molar-refractivity contribution is -0.145. The van der Waals surface area contributed by atoms with Crippen molar-refractivity contribution in [2.24, 2.45) is 11.8 Å². The molecule has 0 bridgehead atoms. The molecule has 0 saturated carbocycles. The van der Waals surface area contributed by atoms with Gasteiger partial charge in [-0.1, -0.05) is 234 Å². The van der Waals surface area contributed by atoms with Gasteiger partial charge in [0, 0.05) is 31.8 Å². The molecule has 7 heteroatoms. The Balaban J connectivity index is 5.11. The number of unbranched alkanes of at least 4 members (excludes halogenated alkanes) is 24. The lowest BCUT2D eigenvalue weighted by Gasteiger charge is -2.33. The molecule has 0 aliphatic rings. The molecule has 0 aliphatic carbocycles. The van der Waals surface area contributed by atoms with Crippen LogP contribution in [0.1, 0.15) is 311 Å². The van der Waals surface area contributed by atoms with E-state index >= 15 is 0 Å². The number of nitrogens with zero attached hydrogens (tertiary/aromatic N) is 2. The van der Waals surface area contributed by atoms with Crippen LogP contribution in [0.15, 0.2) is 0 Å². The number of hydrogen-bond donors (Lipinski definition) is 0. The van der Waals surface area contributed by atoms with Crippen LogP contribution < -0.4 is 0 Å². The van der Waals surface area contributed by atoms with Crippen LogP contribution in [0.3, 0.4) is 0 Å². The van der Waals surface area contributed by atoms with Crippen molar-refractivity contribution in [3.63, 3.8) is 0 Å². The normalized spacial score (nSPS) is 12.1. The maximum absolute atomic E-state index is 14.1. The number of esters is 2. The highest BCUT2D eigenvalue weighted by Crippen LogP contribution is 2.25. The molecule has 0 aromatic rings. The van der Waals surface area contributed by atoms with E-state index in [4.69, 9.17) is 9.47 Å². The third-order valence-corrected chi connectivity index (χ3v) is 14.5. The molecule has 0 radical (unpaired) electrons. The molecule has 0 spiro atoms. The smallest absolute Gasteiger partial charge is 0.305 e. The summed E-state index contributed by atoms with van der Waals surface area (Å²) in [5, 5.41) is 0. The summed E-state index contributed by atoms with van der Waals surface area (Å²) >= 11 is 0. The molecule has 398 valence electrons. The molecule has 0 N–H and O–H groups in total. The number of carbonyl (C=O) groups excluding carboxylic acids is 3. The summed E-state index contributed by atoms with van der Waals surface area (Å²) in [6.07, 6.45) is 49.5. The summed E-state index contributed by atoms with van der Waals surface area (Å²) in [7, 11) is 4.23. The molecule has 0 aromatic heterocycles. The molecule has 67 heavy (non-hydrogen) atoms. The van der Waals surface area contributed by atoms with Gasteiger partial charge < -0.3 is 19.3 Å². The van der Waals surface area contributed by atoms with Gasteiger partial charge in [-0.05, 0) is 90.3 Å². The topological polar surface area (TPSA) is 76.1 Å². The summed E-state index contributed by atoms with van der Waals surface area (Å²) in [6.45, 7) is 14.4. The fraction of sp³-hybridized carbons (Fsp3) is 0.950. The van der Waals surface area contributed by atoms with Gasteiger partial charge in [-0.25, -0.2) is 0 Å². The van der Waals surface area contributed by atoms with E-state index in [2.05, 4.69) is 58.5 Å². The number of ether oxygens (including phenoxy) is 2. The fourth-order valence-corrected chi connectivity index (χ4v) is 10.0. The summed E-state index contributed by atoms with van der Waals surface area (Å²) in [5.41, 5.74) is 0. The molecular weight excluding hydrogens is 829 g/mol. The van der Waals surface area contributed by atoms with Gasteiger partial charge in [0.15, 0.2) is 0 Å². The predicted molar refractivity (Wildman–Crippen MR) is 290 cm³/mol. The highest BCUT2D eigenvalue weighted by molar-refractivity contribution is 5.76. The van der Waals surface area contributed by atoms with Gasteiger partial charge in [0.25, 0.3) is 0 Å². The maximum Gasteiger partial charge on any atom is 0.305 e. The zero-order valence-corrected chi connectivity index (χ0v) is 46.4. The van der Waals surface area contributed by atoms with Crippen LogP contribution in [-0.4, -0.2) is 74.1 Å². The zero-order chi connectivity index (χ0) is 49.3. The lowest BCUT2D eigenvalue weighted by atomic mass is 9.92. The largest absolute Gasteiger partial charge is 0.466 e. The van der Waals surface area contributed by atoms with Gasteiger partial charge in [-0.15, -0.1) is 0 Å². The van der Waals surface area contributed by atoms with Crippen molar-refractivity contribution in [1.82, 2.24) is 9.80 Å². The first-order valence-electron chi connectivity index (χ1n) is 30.0. The molecular formula is C60H118N2O5. The van der Waals surface area contributed by atoms with Gasteiger partial charge in [0.1, 0.15) is 0 Å². The van der Waals surface area contributed by atoms with Gasteiger partial charge in [0.05, 0.1) is 13.2 Å². The van der Waals surface area contributed by atoms with E-state index in [0.717, 1.165) is 116 Å². The Labute approximate surface area is 419 Å². The standard InChI is InChI=1S/C60H118N2O5/c1-8-13-18-19-20-21-24-33-44-57(45-34-25-22-26-35-47-59(64)66-53-49-55(40-29-14-9-2)41-30-15-10-3)62(58(63)46-37-39-51-61(6)7)52-38-28-23-27-36-48-60(65)67-54-50-56(42-31-16-11-4)43-32-17-12-5/h55-57H,8-54H2,1-7H3. The highest BCUT2D eigenvalue weighted by atomic mass is 16.5. The third kappa shape index (κ3) is 44.1. The van der Waals surface area contributed by atoms with Crippen LogP contribution in [-0.2, 0) is 23.9 Å². The minimum atomic E-state index is -0.0249. The molecule has 0 aromatic carbocycles. The second-order valence-electron chi connectivity index (χ2n) is 21.3. The summed E-state index contributed by atoms with van der Waals surface area (Å²) in [6, 6.07) is 0.317. The molecule has 0 rings (SSSR count). The first kappa shape index (κ1) is 65.4. The number of rotatable bonds is 53. The monoisotopic (exact) mass is 947 g/mol. The average molecular weight is 948 g/mol. The first-order chi connectivity index (χ1) is 32.7. The molecule has 1 amide bonds. The van der Waals surface area contributed by atoms with E-state index in [1.54, 1.807) is 0 Å². The molecule has 0 saturated heterocycles. The number of carbonyl (C=O) groups is 3. The van der Waals surface area contributed by atoms with E-state index in [-0.39, 0.29) is 11.9 Å². The van der Waals surface area contributed by atoms with E-state index < -0.39 is 0 Å². The SMILES string of the molecule is CCCCCCCCCCC(CCCCCCCC(=O)OCCC(CCCCC)CCCCC)N(CCCCCCCC(=O)OCCC(CCCCC)CCCCC)C(=O)CCCCN(C)C. The van der Waals surface area contributed by atoms with E-state index in [1.165, 1.54) is 154 Å². The molecule has 0 heterocycles. The molecule has 0 aliphatic heterocycles. The summed E-state index contributed by atoms with van der Waals surface area (Å²) in [5.74, 6) is 1.70. The maximum atomic E-state index is 14.1. The number of hydrogen-bond acceptors (Lipinski definition) is 6. The molecule has 1 unspecified atom stereocenters. The predicted octanol–water partition coefficient (Wildman–Crippen LogP) is 17.9. The molecule has 7 nitrogen and oxygen atoms in total. The van der Waals surface area contributed by atoms with Gasteiger partial charge in [-0.2, -0.15) is 0 Å². The Morgan fingerprint density at radius 2 is 0.657 bits per heavy atom. The number of amides is 1. The summed E-state index contributed by atoms with van der Waals surface area (Å²) < 4.78 is 11.5. The van der Waals surface area contributed by atoms with Crippen LogP contribution in [0.2, 0.25) is 0 Å². The Morgan fingerprint density at radius 3 is 1.06 bits per heavy atom. The van der Waals surface area contributed by atoms with Crippen molar-refractivity contribution in [2.45, 2.75) is 317 Å². The lowest BCUT2D eigenvalue weighted by Crippen LogP contribution is -2.41. The van der Waals surface area contributed by atoms with Crippen LogP contribution in [0, 0.1) is 11.8 Å². The van der Waals surface area contributed by atoms with Crippen LogP contribution in [0.5, 0.6) is 0 Å². The van der Waals surface area contributed by atoms with Crippen molar-refractivity contribution >= 4 is 17.8 Å². The van der Waals surface area contributed by atoms with Crippen molar-refractivity contribution in [2.75, 3.05) is 40.4 Å². The fourth-order valence-electron chi connectivity index (χ4n) is 10.0. The second kappa shape index (κ2) is 50.7. The quantitative estimate of drug-likeness (QED) is 0.0447. The Bertz CT molecular complexity index is 1050. The van der Waals surface area contributed by atoms with Crippen LogP contribution in [0.25, 0.3) is 0 Å². The molecule has 0 fully saturated rings. The third-order valence-electron chi connectivity index (χ3n) is 14.5. The highest BCUT2D eigenvalue weighted by Gasteiger charge is 2.23. The summed E-state index contributed by atoms with van der Waals surface area (Å²) in [4.78, 5) is 43.8. The van der Waals surface area contributed by atoms with Crippen molar-refractivity contribution in [3.05, 3.63) is 0 Å². The van der Waals surface area contributed by atoms with Gasteiger partial charge in [0.2, 0.25) is 5.91 Å². The van der Waals surface area contributed by atoms with Crippen molar-refractivity contribution in [1.29, 1.82) is 0 Å². The van der Waals surface area contributed by atoms with E-state index in [0.29, 0.717) is 56.3 Å². The van der Waals surface area contributed by atoms with Gasteiger partial charge >= 0.3 is 11.9 Å². The van der Waals surface area contributed by atoms with Gasteiger partial charge in [-0.3, -0.25) is 14.4 Å². The zero-order valence-electron chi connectivity index (χ0n) is 46.4. The molecule has 1 atom stereocenters. The average Bonchev–Trinajstić information content (AvgIpc) is 3.31. The Morgan fingerprint density at radius 1 is 0.343 bits per heavy atom. The van der Waals surface area contributed by atoms with Crippen LogP contribution in [0.4, 0.5) is 0 Å². The minimum Gasteiger partial charge on any atom is -0.466 e. The van der Waals surface area contributed by atoms with Crippen LogP contribution >= 0.6 is 0 Å². The van der Waals surface area contributed by atoms with E-state index in [9.17, 15) is 14.4 Å². The van der Waals surface area contributed by atoms with E-state index in [1.807, 2.05) is 0 Å². The van der Waals surface area contributed by atoms with Crippen molar-refractivity contribution < 1.29 is 23.9 Å². The Hall–Kier alpha value is -1.63. The minimum absolute atomic E-state index is 0.0153. The Kier molecular flexibility index (Phi) is 49.5. The van der Waals surface area contributed by atoms with Crippen molar-refractivity contribution in [3.8, 4) is 0 Å². The second-order valence-corrected chi connectivity index (χ2v) is 21.3. The first-order valence-corrected chi connectivity index (χ1v) is 30.0.